The number of carbonyl (C=O) groups excluding carboxylic acids is 1. The fraction of sp³-hybridized carbons (Fsp3) is 0.682. The van der Waals surface area contributed by atoms with Crippen molar-refractivity contribution < 1.29 is 17.9 Å². The van der Waals surface area contributed by atoms with Crippen molar-refractivity contribution in [2.24, 2.45) is 5.92 Å². The average molecular weight is 438 g/mol. The van der Waals surface area contributed by atoms with Gasteiger partial charge in [-0.2, -0.15) is 17.0 Å². The van der Waals surface area contributed by atoms with Crippen LogP contribution in [0.25, 0.3) is 0 Å². The molecule has 0 radical (unpaired) electrons. The maximum Gasteiger partial charge on any atom is 0.281 e. The zero-order valence-corrected chi connectivity index (χ0v) is 19.0. The van der Waals surface area contributed by atoms with Gasteiger partial charge in [0.1, 0.15) is 5.75 Å². The minimum atomic E-state index is -3.53. The smallest absolute Gasteiger partial charge is 0.281 e. The van der Waals surface area contributed by atoms with Crippen LogP contribution < -0.4 is 10.1 Å². The van der Waals surface area contributed by atoms with Crippen LogP contribution in [0.3, 0.4) is 0 Å². The van der Waals surface area contributed by atoms with E-state index < -0.39 is 10.2 Å². The van der Waals surface area contributed by atoms with Crippen LogP contribution in [-0.2, 0) is 21.5 Å². The molecule has 1 atom stereocenters. The molecule has 2 aliphatic rings. The molecule has 0 bridgehead atoms. The van der Waals surface area contributed by atoms with E-state index in [0.717, 1.165) is 37.0 Å². The predicted molar refractivity (Wildman–Crippen MR) is 117 cm³/mol. The number of hydrogen-bond acceptors (Lipinski definition) is 4. The lowest BCUT2D eigenvalue weighted by atomic mass is 9.96. The molecule has 2 fully saturated rings. The van der Waals surface area contributed by atoms with E-state index in [9.17, 15) is 13.2 Å². The summed E-state index contributed by atoms with van der Waals surface area (Å²) in [5.41, 5.74) is 0.990. The Morgan fingerprint density at radius 3 is 2.50 bits per heavy atom. The van der Waals surface area contributed by atoms with Gasteiger partial charge in [0.15, 0.2) is 0 Å². The molecule has 1 aliphatic heterocycles. The van der Waals surface area contributed by atoms with Crippen LogP contribution in [0.4, 0.5) is 0 Å². The molecule has 1 aromatic carbocycles. The minimum Gasteiger partial charge on any atom is -0.494 e. The Morgan fingerprint density at radius 1 is 1.13 bits per heavy atom. The van der Waals surface area contributed by atoms with Gasteiger partial charge in [0.05, 0.1) is 12.5 Å². The number of benzene rings is 1. The van der Waals surface area contributed by atoms with E-state index >= 15 is 0 Å². The Bertz CT molecular complexity index is 791. The van der Waals surface area contributed by atoms with Gasteiger partial charge in [-0.05, 0) is 50.3 Å². The Kier molecular flexibility index (Phi) is 8.13. The van der Waals surface area contributed by atoms with Crippen molar-refractivity contribution in [3.63, 3.8) is 0 Å². The standard InChI is InChI=1S/C22H35N3O4S/c1-3-29-21-13-11-18(12-14-21)16-23-22(26)19-8-7-15-25(17-19)30(27,28)24(2)20-9-5-4-6-10-20/h11-14,19-20H,3-10,15-17H2,1-2H3,(H,23,26)/t19-/m1/s1. The first-order chi connectivity index (χ1) is 14.4. The highest BCUT2D eigenvalue weighted by molar-refractivity contribution is 7.86. The summed E-state index contributed by atoms with van der Waals surface area (Å²) < 4.78 is 34.7. The molecule has 1 heterocycles. The normalized spacial score (nSPS) is 21.5. The van der Waals surface area contributed by atoms with E-state index in [1.165, 1.54) is 10.7 Å². The van der Waals surface area contributed by atoms with E-state index in [1.54, 1.807) is 11.4 Å². The lowest BCUT2D eigenvalue weighted by Crippen LogP contribution is -2.52. The zero-order valence-electron chi connectivity index (χ0n) is 18.2. The molecular weight excluding hydrogens is 402 g/mol. The number of ether oxygens (including phenoxy) is 1. The van der Waals surface area contributed by atoms with Gasteiger partial charge in [-0.15, -0.1) is 0 Å². The van der Waals surface area contributed by atoms with E-state index in [2.05, 4.69) is 5.32 Å². The minimum absolute atomic E-state index is 0.0795. The first-order valence-corrected chi connectivity index (χ1v) is 12.5. The van der Waals surface area contributed by atoms with Crippen molar-refractivity contribution in [2.75, 3.05) is 26.7 Å². The van der Waals surface area contributed by atoms with E-state index in [-0.39, 0.29) is 24.4 Å². The molecule has 0 spiro atoms. The van der Waals surface area contributed by atoms with Crippen LogP contribution in [0.5, 0.6) is 5.75 Å². The van der Waals surface area contributed by atoms with Gasteiger partial charge in [-0.3, -0.25) is 4.79 Å². The highest BCUT2D eigenvalue weighted by Gasteiger charge is 2.37. The highest BCUT2D eigenvalue weighted by Crippen LogP contribution is 2.27. The number of rotatable bonds is 8. The maximum absolute atomic E-state index is 13.1. The Hall–Kier alpha value is -1.64. The topological polar surface area (TPSA) is 79.0 Å². The van der Waals surface area contributed by atoms with Crippen molar-refractivity contribution >= 4 is 16.1 Å². The first kappa shape index (κ1) is 23.0. The summed E-state index contributed by atoms with van der Waals surface area (Å²) in [5.74, 6) is 0.419. The monoisotopic (exact) mass is 437 g/mol. The van der Waals surface area contributed by atoms with Gasteiger partial charge in [0.25, 0.3) is 10.2 Å². The molecule has 7 nitrogen and oxygen atoms in total. The summed E-state index contributed by atoms with van der Waals surface area (Å²) in [6.07, 6.45) is 6.63. The summed E-state index contributed by atoms with van der Waals surface area (Å²) >= 11 is 0. The second-order valence-corrected chi connectivity index (χ2v) is 10.3. The van der Waals surface area contributed by atoms with E-state index in [4.69, 9.17) is 4.74 Å². The summed E-state index contributed by atoms with van der Waals surface area (Å²) in [6, 6.07) is 7.73. The van der Waals surface area contributed by atoms with Crippen molar-refractivity contribution in [1.29, 1.82) is 0 Å². The third kappa shape index (κ3) is 5.74. The fourth-order valence-electron chi connectivity index (χ4n) is 4.38. The van der Waals surface area contributed by atoms with Crippen molar-refractivity contribution in [3.05, 3.63) is 29.8 Å². The third-order valence-electron chi connectivity index (χ3n) is 6.24. The van der Waals surface area contributed by atoms with Gasteiger partial charge >= 0.3 is 0 Å². The van der Waals surface area contributed by atoms with E-state index in [1.807, 2.05) is 31.2 Å². The van der Waals surface area contributed by atoms with Crippen molar-refractivity contribution in [2.45, 2.75) is 64.5 Å². The van der Waals surface area contributed by atoms with Gasteiger partial charge in [-0.1, -0.05) is 31.4 Å². The summed E-state index contributed by atoms with van der Waals surface area (Å²) in [6.45, 7) is 3.73. The molecule has 1 aromatic rings. The molecule has 1 saturated heterocycles. The molecule has 168 valence electrons. The van der Waals surface area contributed by atoms with Gasteiger partial charge in [0, 0.05) is 32.7 Å². The molecule has 3 rings (SSSR count). The van der Waals surface area contributed by atoms with Gasteiger partial charge in [-0.25, -0.2) is 0 Å². The molecular formula is C22H35N3O4S. The fourth-order valence-corrected chi connectivity index (χ4v) is 6.06. The van der Waals surface area contributed by atoms with Crippen LogP contribution in [0, 0.1) is 5.92 Å². The van der Waals surface area contributed by atoms with Crippen LogP contribution >= 0.6 is 0 Å². The van der Waals surface area contributed by atoms with Gasteiger partial charge < -0.3 is 10.1 Å². The van der Waals surface area contributed by atoms with Crippen molar-refractivity contribution in [3.8, 4) is 5.75 Å². The Morgan fingerprint density at radius 2 is 1.83 bits per heavy atom. The Balaban J connectivity index is 1.54. The molecule has 0 aromatic heterocycles. The zero-order chi connectivity index (χ0) is 21.6. The molecule has 1 aliphatic carbocycles. The number of nitrogens with zero attached hydrogens (tertiary/aromatic N) is 2. The van der Waals surface area contributed by atoms with Crippen LogP contribution in [0.1, 0.15) is 57.4 Å². The Labute approximate surface area is 180 Å². The molecule has 8 heteroatoms. The molecule has 1 saturated carbocycles. The number of nitrogens with one attached hydrogen (secondary N) is 1. The summed E-state index contributed by atoms with van der Waals surface area (Å²) in [7, 11) is -1.84. The highest BCUT2D eigenvalue weighted by atomic mass is 32.2. The second kappa shape index (κ2) is 10.6. The number of hydrogen-bond donors (Lipinski definition) is 1. The lowest BCUT2D eigenvalue weighted by Gasteiger charge is -2.37. The van der Waals surface area contributed by atoms with Gasteiger partial charge in [0.2, 0.25) is 5.91 Å². The largest absolute Gasteiger partial charge is 0.494 e. The van der Waals surface area contributed by atoms with Crippen LogP contribution in [0.15, 0.2) is 24.3 Å². The molecule has 30 heavy (non-hydrogen) atoms. The third-order valence-corrected chi connectivity index (χ3v) is 8.25. The first-order valence-electron chi connectivity index (χ1n) is 11.1. The van der Waals surface area contributed by atoms with Crippen molar-refractivity contribution in [1.82, 2.24) is 13.9 Å². The maximum atomic E-state index is 13.1. The quantitative estimate of drug-likeness (QED) is 0.678. The summed E-state index contributed by atoms with van der Waals surface area (Å²) in [5, 5.41) is 2.97. The average Bonchev–Trinajstić information content (AvgIpc) is 2.78. The number of amides is 1. The van der Waals surface area contributed by atoms with Crippen LogP contribution in [0.2, 0.25) is 0 Å². The second-order valence-electron chi connectivity index (χ2n) is 8.31. The molecule has 0 unspecified atom stereocenters. The predicted octanol–water partition coefficient (Wildman–Crippen LogP) is 2.92. The SMILES string of the molecule is CCOc1ccc(CNC(=O)[C@@H]2CCCN(S(=O)(=O)N(C)C3CCCCC3)C2)cc1. The number of piperidine rings is 1. The summed E-state index contributed by atoms with van der Waals surface area (Å²) in [4.78, 5) is 12.7. The van der Waals surface area contributed by atoms with E-state index in [0.29, 0.717) is 32.5 Å². The number of carbonyl (C=O) groups is 1. The molecule has 1 N–H and O–H groups in total. The lowest BCUT2D eigenvalue weighted by molar-refractivity contribution is -0.126. The van der Waals surface area contributed by atoms with Crippen LogP contribution in [-0.4, -0.2) is 55.7 Å². The molecule has 1 amide bonds.